The number of thioether (sulfide) groups is 1. The summed E-state index contributed by atoms with van der Waals surface area (Å²) in [6.45, 7) is 0.705. The van der Waals surface area contributed by atoms with Gasteiger partial charge in [0.25, 0.3) is 5.91 Å². The number of hydrogen-bond acceptors (Lipinski definition) is 5. The van der Waals surface area contributed by atoms with Crippen molar-refractivity contribution in [1.82, 2.24) is 29.9 Å². The van der Waals surface area contributed by atoms with Crippen LogP contribution in [-0.2, 0) is 0 Å². The Labute approximate surface area is 172 Å². The number of para-hydroxylation sites is 2. The van der Waals surface area contributed by atoms with Crippen LogP contribution >= 0.6 is 11.8 Å². The first-order valence-electron chi connectivity index (χ1n) is 9.55. The minimum absolute atomic E-state index is 0.0223. The summed E-state index contributed by atoms with van der Waals surface area (Å²) in [5.74, 6) is 0.827. The summed E-state index contributed by atoms with van der Waals surface area (Å²) in [6.07, 6.45) is 7.11. The number of fused-ring (bicyclic) bond motifs is 1. The van der Waals surface area contributed by atoms with Gasteiger partial charge in [0.2, 0.25) is 0 Å². The summed E-state index contributed by atoms with van der Waals surface area (Å²) < 4.78 is 0. The summed E-state index contributed by atoms with van der Waals surface area (Å²) in [6, 6.07) is 13.5. The van der Waals surface area contributed by atoms with Gasteiger partial charge in [-0.05, 0) is 43.4 Å². The zero-order valence-electron chi connectivity index (χ0n) is 15.9. The Morgan fingerprint density at radius 2 is 1.97 bits per heavy atom. The first-order valence-corrected chi connectivity index (χ1v) is 10.8. The molecule has 1 saturated heterocycles. The average Bonchev–Trinajstić information content (AvgIpc) is 3.52. The van der Waals surface area contributed by atoms with Crippen LogP contribution in [0, 0.1) is 0 Å². The Kier molecular flexibility index (Phi) is 4.55. The number of amides is 1. The first-order chi connectivity index (χ1) is 14.3. The van der Waals surface area contributed by atoms with Crippen molar-refractivity contribution in [2.24, 2.45) is 0 Å². The lowest BCUT2D eigenvalue weighted by atomic mass is 10.1. The minimum atomic E-state index is -0.0664. The number of H-pyrrole nitrogens is 1. The lowest BCUT2D eigenvalue weighted by Crippen LogP contribution is -2.32. The molecule has 0 bridgehead atoms. The van der Waals surface area contributed by atoms with Crippen molar-refractivity contribution in [3.05, 3.63) is 66.2 Å². The largest absolute Gasteiger partial charge is 0.339 e. The lowest BCUT2D eigenvalue weighted by Gasteiger charge is -2.24. The van der Waals surface area contributed by atoms with Crippen LogP contribution in [0.5, 0.6) is 0 Å². The molecule has 146 valence electrons. The summed E-state index contributed by atoms with van der Waals surface area (Å²) in [4.78, 5) is 26.4. The van der Waals surface area contributed by atoms with Crippen LogP contribution in [0.3, 0.4) is 0 Å². The van der Waals surface area contributed by atoms with Gasteiger partial charge in [-0.25, -0.2) is 4.98 Å². The Hall–Kier alpha value is -3.13. The maximum absolute atomic E-state index is 13.5. The van der Waals surface area contributed by atoms with E-state index in [1.165, 1.54) is 4.80 Å². The van der Waals surface area contributed by atoms with Crippen molar-refractivity contribution >= 4 is 28.7 Å². The molecule has 0 aliphatic carbocycles. The monoisotopic (exact) mass is 404 g/mol. The van der Waals surface area contributed by atoms with E-state index in [4.69, 9.17) is 4.98 Å². The van der Waals surface area contributed by atoms with Crippen molar-refractivity contribution in [1.29, 1.82) is 0 Å². The van der Waals surface area contributed by atoms with Crippen molar-refractivity contribution in [2.75, 3.05) is 12.8 Å². The van der Waals surface area contributed by atoms with E-state index in [0.717, 1.165) is 34.6 Å². The van der Waals surface area contributed by atoms with E-state index in [9.17, 15) is 4.79 Å². The summed E-state index contributed by atoms with van der Waals surface area (Å²) in [5.41, 5.74) is 3.25. The van der Waals surface area contributed by atoms with E-state index in [2.05, 4.69) is 27.5 Å². The fourth-order valence-electron chi connectivity index (χ4n) is 3.97. The molecule has 1 amide bonds. The van der Waals surface area contributed by atoms with Gasteiger partial charge < -0.3 is 9.88 Å². The third kappa shape index (κ3) is 3.09. The summed E-state index contributed by atoms with van der Waals surface area (Å²) in [7, 11) is 0. The van der Waals surface area contributed by atoms with Crippen LogP contribution in [0.15, 0.2) is 59.8 Å². The number of nitrogens with zero attached hydrogens (tertiary/aromatic N) is 5. The van der Waals surface area contributed by atoms with Gasteiger partial charge in [0, 0.05) is 11.4 Å². The second-order valence-electron chi connectivity index (χ2n) is 6.97. The molecule has 3 heterocycles. The van der Waals surface area contributed by atoms with Gasteiger partial charge >= 0.3 is 0 Å². The molecule has 1 N–H and O–H groups in total. The molecule has 1 fully saturated rings. The molecule has 1 unspecified atom stereocenters. The SMILES string of the molecule is CSc1cccc2nc(C3CCCN3C(=O)c3ccccc3-n3nccn3)[nH]c12. The predicted octanol–water partition coefficient (Wildman–Crippen LogP) is 3.84. The second kappa shape index (κ2) is 7.36. The third-order valence-electron chi connectivity index (χ3n) is 5.32. The highest BCUT2D eigenvalue weighted by Crippen LogP contribution is 2.34. The number of imidazole rings is 1. The van der Waals surface area contributed by atoms with Crippen molar-refractivity contribution in [3.63, 3.8) is 0 Å². The Morgan fingerprint density at radius 1 is 1.14 bits per heavy atom. The molecular weight excluding hydrogens is 384 g/mol. The molecule has 29 heavy (non-hydrogen) atoms. The van der Waals surface area contributed by atoms with Crippen LogP contribution in [0.4, 0.5) is 0 Å². The normalized spacial score (nSPS) is 16.6. The van der Waals surface area contributed by atoms with Gasteiger partial charge in [-0.2, -0.15) is 15.0 Å². The van der Waals surface area contributed by atoms with Crippen LogP contribution in [-0.4, -0.2) is 48.6 Å². The average molecular weight is 404 g/mol. The minimum Gasteiger partial charge on any atom is -0.339 e. The number of benzene rings is 2. The quantitative estimate of drug-likeness (QED) is 0.523. The van der Waals surface area contributed by atoms with Gasteiger partial charge in [0.15, 0.2) is 0 Å². The highest BCUT2D eigenvalue weighted by Gasteiger charge is 2.34. The van der Waals surface area contributed by atoms with Crippen LogP contribution in [0.2, 0.25) is 0 Å². The number of carbonyl (C=O) groups excluding carboxylic acids is 1. The molecule has 0 saturated carbocycles. The topological polar surface area (TPSA) is 79.7 Å². The van der Waals surface area contributed by atoms with Crippen molar-refractivity contribution < 1.29 is 4.79 Å². The van der Waals surface area contributed by atoms with Gasteiger partial charge in [-0.1, -0.05) is 18.2 Å². The fraction of sp³-hybridized carbons (Fsp3) is 0.238. The standard InChI is InChI=1S/C21H20N6OS/c1-29-18-10-4-7-15-19(18)25-20(24-15)17-9-5-13-26(17)21(28)14-6-2-3-8-16(14)27-22-11-12-23-27/h2-4,6-8,10-12,17H,5,9,13H2,1H3,(H,24,25). The molecule has 1 aliphatic rings. The number of likely N-dealkylation sites (tertiary alicyclic amines) is 1. The lowest BCUT2D eigenvalue weighted by molar-refractivity contribution is 0.0730. The zero-order valence-corrected chi connectivity index (χ0v) is 16.8. The molecular formula is C21H20N6OS. The van der Waals surface area contributed by atoms with Gasteiger partial charge in [-0.3, -0.25) is 4.79 Å². The fourth-order valence-corrected chi connectivity index (χ4v) is 4.54. The first kappa shape index (κ1) is 17.9. The predicted molar refractivity (Wildman–Crippen MR) is 112 cm³/mol. The molecule has 2 aromatic carbocycles. The molecule has 8 heteroatoms. The second-order valence-corrected chi connectivity index (χ2v) is 7.82. The van der Waals surface area contributed by atoms with Gasteiger partial charge in [-0.15, -0.1) is 11.8 Å². The maximum Gasteiger partial charge on any atom is 0.256 e. The molecule has 5 rings (SSSR count). The van der Waals surface area contributed by atoms with Gasteiger partial charge in [0.1, 0.15) is 5.82 Å². The molecule has 1 atom stereocenters. The Morgan fingerprint density at radius 3 is 2.79 bits per heavy atom. The molecule has 1 aliphatic heterocycles. The van der Waals surface area contributed by atoms with Crippen LogP contribution in [0.25, 0.3) is 16.7 Å². The highest BCUT2D eigenvalue weighted by molar-refractivity contribution is 7.98. The number of aromatic amines is 1. The number of hydrogen-bond donors (Lipinski definition) is 1. The van der Waals surface area contributed by atoms with Gasteiger partial charge in [0.05, 0.1) is 40.7 Å². The Balaban J connectivity index is 1.52. The van der Waals surface area contributed by atoms with E-state index < -0.39 is 0 Å². The summed E-state index contributed by atoms with van der Waals surface area (Å²) in [5, 5.41) is 8.39. The highest BCUT2D eigenvalue weighted by atomic mass is 32.2. The van der Waals surface area contributed by atoms with E-state index in [-0.39, 0.29) is 11.9 Å². The number of carbonyl (C=O) groups is 1. The van der Waals surface area contributed by atoms with Crippen LogP contribution < -0.4 is 0 Å². The van der Waals surface area contributed by atoms with E-state index >= 15 is 0 Å². The molecule has 2 aromatic heterocycles. The maximum atomic E-state index is 13.5. The molecule has 0 radical (unpaired) electrons. The number of aromatic nitrogens is 5. The van der Waals surface area contributed by atoms with Crippen LogP contribution in [0.1, 0.15) is 35.1 Å². The zero-order chi connectivity index (χ0) is 19.8. The van der Waals surface area contributed by atoms with E-state index in [1.807, 2.05) is 41.3 Å². The Bertz CT molecular complexity index is 1170. The summed E-state index contributed by atoms with van der Waals surface area (Å²) >= 11 is 1.69. The smallest absolute Gasteiger partial charge is 0.256 e. The number of nitrogens with one attached hydrogen (secondary N) is 1. The third-order valence-corrected chi connectivity index (χ3v) is 6.10. The van der Waals surface area contributed by atoms with E-state index in [1.54, 1.807) is 24.2 Å². The molecule has 4 aromatic rings. The van der Waals surface area contributed by atoms with E-state index in [0.29, 0.717) is 17.8 Å². The van der Waals surface area contributed by atoms with Crippen molar-refractivity contribution in [2.45, 2.75) is 23.8 Å². The molecule has 0 spiro atoms. The van der Waals surface area contributed by atoms with Crippen molar-refractivity contribution in [3.8, 4) is 5.69 Å². The number of rotatable bonds is 4. The molecule has 7 nitrogen and oxygen atoms in total.